The quantitative estimate of drug-likeness (QED) is 0.653. The van der Waals surface area contributed by atoms with E-state index < -0.39 is 11.7 Å². The van der Waals surface area contributed by atoms with Crippen LogP contribution in [0.3, 0.4) is 0 Å². The van der Waals surface area contributed by atoms with E-state index in [0.29, 0.717) is 31.2 Å². The van der Waals surface area contributed by atoms with Crippen molar-refractivity contribution in [3.8, 4) is 0 Å². The molecule has 0 unspecified atom stereocenters. The van der Waals surface area contributed by atoms with Gasteiger partial charge in [0.05, 0.1) is 5.69 Å². The second kappa shape index (κ2) is 6.56. The predicted molar refractivity (Wildman–Crippen MR) is 84.8 cm³/mol. The molecule has 2 fully saturated rings. The van der Waals surface area contributed by atoms with Crippen molar-refractivity contribution in [2.45, 2.75) is 38.1 Å². The molecule has 1 aliphatic carbocycles. The summed E-state index contributed by atoms with van der Waals surface area (Å²) < 4.78 is 1.63. The Morgan fingerprint density at radius 2 is 2.04 bits per heavy atom. The van der Waals surface area contributed by atoms with E-state index >= 15 is 0 Å². The van der Waals surface area contributed by atoms with Crippen molar-refractivity contribution < 1.29 is 14.4 Å². The summed E-state index contributed by atoms with van der Waals surface area (Å²) >= 11 is 0. The highest BCUT2D eigenvalue weighted by atomic mass is 16.2. The fraction of sp³-hybridized carbons (Fsp3) is 0.588. The molecule has 1 saturated heterocycles. The van der Waals surface area contributed by atoms with Crippen LogP contribution in [0.1, 0.15) is 42.6 Å². The van der Waals surface area contributed by atoms with E-state index in [9.17, 15) is 14.4 Å². The highest BCUT2D eigenvalue weighted by molar-refractivity contribution is 6.42. The number of hydrogen-bond donors (Lipinski definition) is 1. The monoisotopic (exact) mass is 317 g/mol. The Balaban J connectivity index is 1.51. The molecule has 2 heterocycles. The number of hydrogen-bond acceptors (Lipinski definition) is 3. The van der Waals surface area contributed by atoms with E-state index in [1.54, 1.807) is 29.9 Å². The second-order valence-electron chi connectivity index (χ2n) is 6.60. The molecule has 1 atom stereocenters. The highest BCUT2D eigenvalue weighted by Crippen LogP contribution is 2.29. The minimum absolute atomic E-state index is 0.105. The number of amides is 2. The van der Waals surface area contributed by atoms with Crippen molar-refractivity contribution in [2.75, 3.05) is 13.1 Å². The van der Waals surface area contributed by atoms with Gasteiger partial charge in [0.1, 0.15) is 0 Å². The molecule has 1 aromatic rings. The van der Waals surface area contributed by atoms with E-state index in [0.717, 1.165) is 12.8 Å². The third-order valence-corrected chi connectivity index (χ3v) is 4.94. The molecule has 2 amide bonds. The molecule has 23 heavy (non-hydrogen) atoms. The largest absolute Gasteiger partial charge is 0.349 e. The summed E-state index contributed by atoms with van der Waals surface area (Å²) in [6.07, 6.45) is 6.78. The van der Waals surface area contributed by atoms with Gasteiger partial charge in [-0.2, -0.15) is 0 Å². The standard InChI is InChI=1S/C17H23N3O3/c1-19-8-4-7-14(19)16(22)17(23)18-10-12-9-15(21)20(11-12)13-5-2-3-6-13/h4,7-8,12-13H,2-3,5-6,9-11H2,1H3,(H,18,23)/t12-/m1/s1. The fourth-order valence-electron chi connectivity index (χ4n) is 3.64. The summed E-state index contributed by atoms with van der Waals surface area (Å²) in [6, 6.07) is 3.74. The molecule has 0 spiro atoms. The minimum Gasteiger partial charge on any atom is -0.349 e. The number of nitrogens with zero attached hydrogens (tertiary/aromatic N) is 2. The first kappa shape index (κ1) is 15.8. The van der Waals surface area contributed by atoms with Crippen molar-refractivity contribution >= 4 is 17.6 Å². The fourth-order valence-corrected chi connectivity index (χ4v) is 3.64. The van der Waals surface area contributed by atoms with Gasteiger partial charge >= 0.3 is 0 Å². The van der Waals surface area contributed by atoms with E-state index in [2.05, 4.69) is 5.32 Å². The number of likely N-dealkylation sites (tertiary alicyclic amines) is 1. The second-order valence-corrected chi connectivity index (χ2v) is 6.60. The van der Waals surface area contributed by atoms with Gasteiger partial charge in [0.15, 0.2) is 0 Å². The van der Waals surface area contributed by atoms with Crippen LogP contribution in [0.2, 0.25) is 0 Å². The van der Waals surface area contributed by atoms with Crippen molar-refractivity contribution in [3.63, 3.8) is 0 Å². The van der Waals surface area contributed by atoms with Crippen LogP contribution in [-0.2, 0) is 16.6 Å². The van der Waals surface area contributed by atoms with Gasteiger partial charge in [0.25, 0.3) is 11.7 Å². The number of carbonyl (C=O) groups is 3. The maximum atomic E-state index is 12.1. The average Bonchev–Trinajstić information content (AvgIpc) is 3.24. The molecule has 2 aliphatic rings. The van der Waals surface area contributed by atoms with E-state index in [1.165, 1.54) is 12.8 Å². The van der Waals surface area contributed by atoms with Gasteiger partial charge < -0.3 is 14.8 Å². The zero-order valence-corrected chi connectivity index (χ0v) is 13.5. The molecular formula is C17H23N3O3. The Kier molecular flexibility index (Phi) is 4.50. The predicted octanol–water partition coefficient (Wildman–Crippen LogP) is 1.12. The SMILES string of the molecule is Cn1cccc1C(=O)C(=O)NC[C@H]1CC(=O)N(C2CCCC2)C1. The van der Waals surface area contributed by atoms with Crippen LogP contribution in [0.4, 0.5) is 0 Å². The first-order valence-electron chi connectivity index (χ1n) is 8.29. The first-order valence-corrected chi connectivity index (χ1v) is 8.29. The van der Waals surface area contributed by atoms with Crippen LogP contribution in [-0.4, -0.2) is 46.2 Å². The number of carbonyl (C=O) groups excluding carboxylic acids is 3. The molecule has 0 bridgehead atoms. The summed E-state index contributed by atoms with van der Waals surface area (Å²) in [6.45, 7) is 1.08. The molecule has 0 aromatic carbocycles. The Morgan fingerprint density at radius 1 is 1.30 bits per heavy atom. The van der Waals surface area contributed by atoms with Crippen molar-refractivity contribution in [2.24, 2.45) is 13.0 Å². The van der Waals surface area contributed by atoms with Gasteiger partial charge in [0, 0.05) is 44.7 Å². The van der Waals surface area contributed by atoms with E-state index in [1.807, 2.05) is 4.90 Å². The Labute approximate surface area is 135 Å². The molecule has 1 aromatic heterocycles. The lowest BCUT2D eigenvalue weighted by molar-refractivity contribution is -0.129. The van der Waals surface area contributed by atoms with Crippen LogP contribution in [0, 0.1) is 5.92 Å². The molecule has 0 radical (unpaired) electrons. The summed E-state index contributed by atoms with van der Waals surface area (Å²) in [4.78, 5) is 38.2. The highest BCUT2D eigenvalue weighted by Gasteiger charge is 2.35. The lowest BCUT2D eigenvalue weighted by Gasteiger charge is -2.24. The van der Waals surface area contributed by atoms with Crippen LogP contribution >= 0.6 is 0 Å². The number of ketones is 1. The number of nitrogens with one attached hydrogen (secondary N) is 1. The van der Waals surface area contributed by atoms with Crippen LogP contribution < -0.4 is 5.32 Å². The number of rotatable bonds is 5. The van der Waals surface area contributed by atoms with E-state index in [4.69, 9.17) is 0 Å². The maximum Gasteiger partial charge on any atom is 0.294 e. The summed E-state index contributed by atoms with van der Waals surface area (Å²) in [5, 5.41) is 2.69. The zero-order chi connectivity index (χ0) is 16.4. The normalized spacial score (nSPS) is 21.9. The van der Waals surface area contributed by atoms with E-state index in [-0.39, 0.29) is 11.8 Å². The number of Topliss-reactive ketones (excluding diaryl/α,β-unsaturated/α-hetero) is 1. The Hall–Kier alpha value is -2.11. The van der Waals surface area contributed by atoms with Gasteiger partial charge in [-0.05, 0) is 25.0 Å². The van der Waals surface area contributed by atoms with Gasteiger partial charge in [-0.15, -0.1) is 0 Å². The summed E-state index contributed by atoms with van der Waals surface area (Å²) in [7, 11) is 1.73. The molecule has 3 rings (SSSR count). The number of aromatic nitrogens is 1. The smallest absolute Gasteiger partial charge is 0.294 e. The van der Waals surface area contributed by atoms with Crippen LogP contribution in [0.25, 0.3) is 0 Å². The summed E-state index contributed by atoms with van der Waals surface area (Å²) in [5.41, 5.74) is 0.373. The average molecular weight is 317 g/mol. The van der Waals surface area contributed by atoms with Gasteiger partial charge in [-0.3, -0.25) is 14.4 Å². The van der Waals surface area contributed by atoms with Gasteiger partial charge in [-0.25, -0.2) is 0 Å². The molecule has 1 aliphatic heterocycles. The van der Waals surface area contributed by atoms with Crippen molar-refractivity contribution in [1.82, 2.24) is 14.8 Å². The number of aryl methyl sites for hydroxylation is 1. The van der Waals surface area contributed by atoms with Gasteiger partial charge in [-0.1, -0.05) is 12.8 Å². The lowest BCUT2D eigenvalue weighted by atomic mass is 10.1. The molecule has 6 nitrogen and oxygen atoms in total. The first-order chi connectivity index (χ1) is 11.1. The Morgan fingerprint density at radius 3 is 2.70 bits per heavy atom. The van der Waals surface area contributed by atoms with Crippen LogP contribution in [0.15, 0.2) is 18.3 Å². The third-order valence-electron chi connectivity index (χ3n) is 4.94. The van der Waals surface area contributed by atoms with Crippen molar-refractivity contribution in [3.05, 3.63) is 24.0 Å². The zero-order valence-electron chi connectivity index (χ0n) is 13.5. The summed E-state index contributed by atoms with van der Waals surface area (Å²) in [5.74, 6) is -0.841. The third kappa shape index (κ3) is 3.30. The van der Waals surface area contributed by atoms with Gasteiger partial charge in [0.2, 0.25) is 5.91 Å². The minimum atomic E-state index is -0.599. The lowest BCUT2D eigenvalue weighted by Crippen LogP contribution is -2.37. The Bertz CT molecular complexity index is 616. The maximum absolute atomic E-state index is 12.1. The topological polar surface area (TPSA) is 71.4 Å². The van der Waals surface area contributed by atoms with Crippen molar-refractivity contribution in [1.29, 1.82) is 0 Å². The molecule has 6 heteroatoms. The molecule has 1 saturated carbocycles. The molecule has 1 N–H and O–H groups in total. The molecule has 124 valence electrons. The molecular weight excluding hydrogens is 294 g/mol. The van der Waals surface area contributed by atoms with Crippen LogP contribution in [0.5, 0.6) is 0 Å².